The van der Waals surface area contributed by atoms with Crippen molar-refractivity contribution < 1.29 is 0 Å². The SMILES string of the molecule is CCC(N)Cc1ccc(N2CC(C)CCC2C)nc1. The molecule has 1 fully saturated rings. The fraction of sp³-hybridized carbons (Fsp3) is 0.688. The van der Waals surface area contributed by atoms with Gasteiger partial charge in [0.1, 0.15) is 5.82 Å². The van der Waals surface area contributed by atoms with E-state index < -0.39 is 0 Å². The van der Waals surface area contributed by atoms with Crippen molar-refractivity contribution in [2.45, 2.75) is 58.5 Å². The van der Waals surface area contributed by atoms with E-state index in [1.165, 1.54) is 18.4 Å². The fourth-order valence-electron chi connectivity index (χ4n) is 2.76. The Morgan fingerprint density at radius 3 is 2.79 bits per heavy atom. The minimum atomic E-state index is 0.251. The van der Waals surface area contributed by atoms with Gasteiger partial charge in [0.15, 0.2) is 0 Å². The van der Waals surface area contributed by atoms with E-state index in [9.17, 15) is 0 Å². The number of nitrogens with two attached hydrogens (primary N) is 1. The second-order valence-electron chi connectivity index (χ2n) is 6.08. The molecule has 106 valence electrons. The molecule has 0 radical (unpaired) electrons. The summed E-state index contributed by atoms with van der Waals surface area (Å²) in [7, 11) is 0. The van der Waals surface area contributed by atoms with Gasteiger partial charge in [-0.15, -0.1) is 0 Å². The number of aromatic nitrogens is 1. The Balaban J connectivity index is 2.04. The lowest BCUT2D eigenvalue weighted by Gasteiger charge is -2.37. The molecule has 1 aliphatic heterocycles. The first-order chi connectivity index (χ1) is 9.10. The predicted octanol–water partition coefficient (Wildman–Crippen LogP) is 2.99. The third-order valence-electron chi connectivity index (χ3n) is 4.24. The molecule has 1 aliphatic rings. The van der Waals surface area contributed by atoms with Crippen LogP contribution in [0.5, 0.6) is 0 Å². The summed E-state index contributed by atoms with van der Waals surface area (Å²) in [6.07, 6.45) is 6.54. The molecule has 3 unspecified atom stereocenters. The molecule has 2 heterocycles. The molecule has 1 saturated heterocycles. The lowest BCUT2D eigenvalue weighted by atomic mass is 9.95. The number of pyridine rings is 1. The molecule has 2 rings (SSSR count). The summed E-state index contributed by atoms with van der Waals surface area (Å²) in [6, 6.07) is 5.20. The largest absolute Gasteiger partial charge is 0.354 e. The van der Waals surface area contributed by atoms with Crippen molar-refractivity contribution in [3.05, 3.63) is 23.9 Å². The van der Waals surface area contributed by atoms with Crippen LogP contribution in [0.1, 0.15) is 45.6 Å². The molecule has 0 bridgehead atoms. The summed E-state index contributed by atoms with van der Waals surface area (Å²) in [6.45, 7) is 7.88. The van der Waals surface area contributed by atoms with Gasteiger partial charge in [-0.25, -0.2) is 4.98 Å². The third-order valence-corrected chi connectivity index (χ3v) is 4.24. The minimum Gasteiger partial charge on any atom is -0.354 e. The lowest BCUT2D eigenvalue weighted by molar-refractivity contribution is 0.388. The maximum Gasteiger partial charge on any atom is 0.128 e. The van der Waals surface area contributed by atoms with E-state index >= 15 is 0 Å². The van der Waals surface area contributed by atoms with Crippen LogP contribution in [0.25, 0.3) is 0 Å². The number of hydrogen-bond donors (Lipinski definition) is 1. The maximum atomic E-state index is 5.99. The van der Waals surface area contributed by atoms with Crippen molar-refractivity contribution >= 4 is 5.82 Å². The van der Waals surface area contributed by atoms with Crippen molar-refractivity contribution in [3.8, 4) is 0 Å². The summed E-state index contributed by atoms with van der Waals surface area (Å²) >= 11 is 0. The monoisotopic (exact) mass is 261 g/mol. The quantitative estimate of drug-likeness (QED) is 0.906. The lowest BCUT2D eigenvalue weighted by Crippen LogP contribution is -2.41. The smallest absolute Gasteiger partial charge is 0.128 e. The first-order valence-corrected chi connectivity index (χ1v) is 7.57. The van der Waals surface area contributed by atoms with Gasteiger partial charge in [0, 0.05) is 24.8 Å². The summed E-state index contributed by atoms with van der Waals surface area (Å²) < 4.78 is 0. The highest BCUT2D eigenvalue weighted by Crippen LogP contribution is 2.26. The fourth-order valence-corrected chi connectivity index (χ4v) is 2.76. The molecular formula is C16H27N3. The first-order valence-electron chi connectivity index (χ1n) is 7.57. The number of hydrogen-bond acceptors (Lipinski definition) is 3. The topological polar surface area (TPSA) is 42.1 Å². The highest BCUT2D eigenvalue weighted by Gasteiger charge is 2.23. The van der Waals surface area contributed by atoms with Crippen molar-refractivity contribution in [1.82, 2.24) is 4.98 Å². The van der Waals surface area contributed by atoms with Gasteiger partial charge < -0.3 is 10.6 Å². The zero-order valence-corrected chi connectivity index (χ0v) is 12.5. The standard InChI is InChI=1S/C16H27N3/c1-4-15(17)9-14-7-8-16(18-10-14)19-11-12(2)5-6-13(19)3/h7-8,10,12-13,15H,4-6,9,11,17H2,1-3H3. The zero-order chi connectivity index (χ0) is 13.8. The molecule has 19 heavy (non-hydrogen) atoms. The maximum absolute atomic E-state index is 5.99. The molecule has 0 saturated carbocycles. The van der Waals surface area contributed by atoms with Gasteiger partial charge in [-0.2, -0.15) is 0 Å². The van der Waals surface area contributed by atoms with Crippen molar-refractivity contribution in [2.75, 3.05) is 11.4 Å². The Bertz CT molecular complexity index is 387. The molecular weight excluding hydrogens is 234 g/mol. The zero-order valence-electron chi connectivity index (χ0n) is 12.5. The average Bonchev–Trinajstić information content (AvgIpc) is 2.42. The Kier molecular flexibility index (Phi) is 4.81. The minimum absolute atomic E-state index is 0.251. The molecule has 0 aliphatic carbocycles. The van der Waals surface area contributed by atoms with Crippen LogP contribution in [0.2, 0.25) is 0 Å². The second kappa shape index (κ2) is 6.38. The Morgan fingerprint density at radius 1 is 1.37 bits per heavy atom. The molecule has 0 spiro atoms. The molecule has 2 N–H and O–H groups in total. The van der Waals surface area contributed by atoms with Gasteiger partial charge in [-0.3, -0.25) is 0 Å². The molecule has 3 nitrogen and oxygen atoms in total. The molecule has 3 heteroatoms. The molecule has 0 aromatic carbocycles. The molecule has 1 aromatic rings. The molecule has 1 aromatic heterocycles. The van der Waals surface area contributed by atoms with Gasteiger partial charge >= 0.3 is 0 Å². The van der Waals surface area contributed by atoms with Crippen LogP contribution in [0.4, 0.5) is 5.82 Å². The summed E-state index contributed by atoms with van der Waals surface area (Å²) in [5.41, 5.74) is 7.23. The highest BCUT2D eigenvalue weighted by molar-refractivity contribution is 5.41. The first kappa shape index (κ1) is 14.3. The van der Waals surface area contributed by atoms with E-state index in [4.69, 9.17) is 5.73 Å². The van der Waals surface area contributed by atoms with E-state index in [1.807, 2.05) is 6.20 Å². The number of nitrogens with zero attached hydrogens (tertiary/aromatic N) is 2. The normalized spacial score (nSPS) is 25.4. The van der Waals surface area contributed by atoms with Crippen molar-refractivity contribution in [3.63, 3.8) is 0 Å². The van der Waals surface area contributed by atoms with Crippen molar-refractivity contribution in [2.24, 2.45) is 11.7 Å². The molecule has 3 atom stereocenters. The predicted molar refractivity (Wildman–Crippen MR) is 81.4 cm³/mol. The van der Waals surface area contributed by atoms with Crippen LogP contribution >= 0.6 is 0 Å². The van der Waals surface area contributed by atoms with Crippen LogP contribution in [0, 0.1) is 5.92 Å². The van der Waals surface area contributed by atoms with Crippen LogP contribution in [0.15, 0.2) is 18.3 Å². The van der Waals surface area contributed by atoms with Gasteiger partial charge in [0.25, 0.3) is 0 Å². The van der Waals surface area contributed by atoms with Crippen molar-refractivity contribution in [1.29, 1.82) is 0 Å². The van der Waals surface area contributed by atoms with Gasteiger partial charge in [0.05, 0.1) is 0 Å². The van der Waals surface area contributed by atoms with Crippen LogP contribution in [-0.2, 0) is 6.42 Å². The van der Waals surface area contributed by atoms with E-state index in [1.54, 1.807) is 0 Å². The number of piperidine rings is 1. The number of anilines is 1. The Labute approximate surface area is 117 Å². The van der Waals surface area contributed by atoms with Gasteiger partial charge in [0.2, 0.25) is 0 Å². The highest BCUT2D eigenvalue weighted by atomic mass is 15.2. The van der Waals surface area contributed by atoms with Crippen LogP contribution in [0.3, 0.4) is 0 Å². The summed E-state index contributed by atoms with van der Waals surface area (Å²) in [5.74, 6) is 1.89. The third kappa shape index (κ3) is 3.69. The Hall–Kier alpha value is -1.09. The average molecular weight is 261 g/mol. The molecule has 0 amide bonds. The summed E-state index contributed by atoms with van der Waals surface area (Å²) in [5, 5.41) is 0. The van der Waals surface area contributed by atoms with E-state index in [0.29, 0.717) is 6.04 Å². The van der Waals surface area contributed by atoms with E-state index in [2.05, 4.69) is 42.8 Å². The van der Waals surface area contributed by atoms with Gasteiger partial charge in [-0.05, 0) is 50.2 Å². The second-order valence-corrected chi connectivity index (χ2v) is 6.08. The summed E-state index contributed by atoms with van der Waals surface area (Å²) in [4.78, 5) is 7.09. The number of rotatable bonds is 4. The van der Waals surface area contributed by atoms with Crippen LogP contribution < -0.4 is 10.6 Å². The Morgan fingerprint density at radius 2 is 2.16 bits per heavy atom. The van der Waals surface area contributed by atoms with Crippen LogP contribution in [-0.4, -0.2) is 23.6 Å². The van der Waals surface area contributed by atoms with E-state index in [-0.39, 0.29) is 6.04 Å². The van der Waals surface area contributed by atoms with E-state index in [0.717, 1.165) is 31.1 Å². The van der Waals surface area contributed by atoms with Gasteiger partial charge in [-0.1, -0.05) is 19.9 Å².